The van der Waals surface area contributed by atoms with E-state index in [1.807, 2.05) is 6.92 Å². The molecule has 0 aliphatic heterocycles. The molecular formula is C13H24N4O5. The van der Waals surface area contributed by atoms with Gasteiger partial charge in [0.25, 0.3) is 0 Å². The lowest BCUT2D eigenvalue weighted by Crippen LogP contribution is -2.55. The summed E-state index contributed by atoms with van der Waals surface area (Å²) in [6.07, 6.45) is 0.606. The second-order valence-electron chi connectivity index (χ2n) is 4.98. The SMILES string of the molecule is CCC(C)C(NC(=O)C(C)NC(=O)CN)C(=O)NCC(=O)O. The van der Waals surface area contributed by atoms with Gasteiger partial charge in [-0.05, 0) is 12.8 Å². The highest BCUT2D eigenvalue weighted by molar-refractivity contribution is 5.93. The molecule has 9 nitrogen and oxygen atoms in total. The van der Waals surface area contributed by atoms with Gasteiger partial charge in [-0.15, -0.1) is 0 Å². The molecule has 3 atom stereocenters. The molecule has 0 fully saturated rings. The van der Waals surface area contributed by atoms with Gasteiger partial charge in [-0.2, -0.15) is 0 Å². The number of aliphatic carboxylic acids is 1. The molecule has 0 spiro atoms. The highest BCUT2D eigenvalue weighted by atomic mass is 16.4. The second kappa shape index (κ2) is 9.72. The van der Waals surface area contributed by atoms with Gasteiger partial charge in [0, 0.05) is 0 Å². The van der Waals surface area contributed by atoms with Crippen molar-refractivity contribution in [2.75, 3.05) is 13.1 Å². The van der Waals surface area contributed by atoms with Crippen molar-refractivity contribution < 1.29 is 24.3 Å². The highest BCUT2D eigenvalue weighted by Gasteiger charge is 2.28. The normalized spacial score (nSPS) is 14.4. The lowest BCUT2D eigenvalue weighted by Gasteiger charge is -2.25. The van der Waals surface area contributed by atoms with Crippen molar-refractivity contribution in [3.8, 4) is 0 Å². The molecule has 0 aliphatic rings. The maximum absolute atomic E-state index is 12.0. The zero-order valence-electron chi connectivity index (χ0n) is 13.0. The Kier molecular flexibility index (Phi) is 8.76. The molecule has 0 saturated heterocycles. The maximum Gasteiger partial charge on any atom is 0.322 e. The Morgan fingerprint density at radius 2 is 1.68 bits per heavy atom. The summed E-state index contributed by atoms with van der Waals surface area (Å²) in [6.45, 7) is 4.29. The van der Waals surface area contributed by atoms with E-state index in [1.54, 1.807) is 6.92 Å². The first-order valence-electron chi connectivity index (χ1n) is 7.02. The Morgan fingerprint density at radius 1 is 1.09 bits per heavy atom. The molecule has 126 valence electrons. The second-order valence-corrected chi connectivity index (χ2v) is 4.98. The highest BCUT2D eigenvalue weighted by Crippen LogP contribution is 2.08. The van der Waals surface area contributed by atoms with Crippen LogP contribution in [0.1, 0.15) is 27.2 Å². The fourth-order valence-electron chi connectivity index (χ4n) is 1.62. The number of carboxylic acids is 1. The summed E-state index contributed by atoms with van der Waals surface area (Å²) in [7, 11) is 0. The largest absolute Gasteiger partial charge is 0.480 e. The molecule has 0 heterocycles. The van der Waals surface area contributed by atoms with Crippen LogP contribution >= 0.6 is 0 Å². The van der Waals surface area contributed by atoms with Gasteiger partial charge in [-0.1, -0.05) is 20.3 Å². The molecule has 3 amide bonds. The van der Waals surface area contributed by atoms with Crippen molar-refractivity contribution in [3.05, 3.63) is 0 Å². The first-order chi connectivity index (χ1) is 10.2. The van der Waals surface area contributed by atoms with Gasteiger partial charge in [-0.3, -0.25) is 19.2 Å². The first-order valence-corrected chi connectivity index (χ1v) is 7.02. The minimum Gasteiger partial charge on any atom is -0.480 e. The number of hydrogen-bond donors (Lipinski definition) is 5. The van der Waals surface area contributed by atoms with Crippen LogP contribution in [-0.4, -0.2) is 54.0 Å². The summed E-state index contributed by atoms with van der Waals surface area (Å²) in [4.78, 5) is 45.6. The van der Waals surface area contributed by atoms with Gasteiger partial charge in [0.2, 0.25) is 17.7 Å². The van der Waals surface area contributed by atoms with Crippen LogP contribution in [-0.2, 0) is 19.2 Å². The number of carbonyl (C=O) groups excluding carboxylic acids is 3. The van der Waals surface area contributed by atoms with Crippen molar-refractivity contribution in [2.24, 2.45) is 11.7 Å². The molecule has 3 unspecified atom stereocenters. The van der Waals surface area contributed by atoms with Crippen molar-refractivity contribution >= 4 is 23.7 Å². The smallest absolute Gasteiger partial charge is 0.322 e. The standard InChI is InChI=1S/C13H24N4O5/c1-4-7(2)11(13(22)15-6-10(19)20)17-12(21)8(3)16-9(18)5-14/h7-8,11H,4-6,14H2,1-3H3,(H,15,22)(H,16,18)(H,17,21)(H,19,20). The lowest BCUT2D eigenvalue weighted by molar-refractivity contribution is -0.139. The zero-order valence-corrected chi connectivity index (χ0v) is 13.0. The Morgan fingerprint density at radius 3 is 2.14 bits per heavy atom. The fraction of sp³-hybridized carbons (Fsp3) is 0.692. The summed E-state index contributed by atoms with van der Waals surface area (Å²) in [6, 6.07) is -1.73. The van der Waals surface area contributed by atoms with Gasteiger partial charge in [0.05, 0.1) is 6.54 Å². The van der Waals surface area contributed by atoms with Gasteiger partial charge in [0.1, 0.15) is 18.6 Å². The van der Waals surface area contributed by atoms with E-state index >= 15 is 0 Å². The van der Waals surface area contributed by atoms with Crippen molar-refractivity contribution in [3.63, 3.8) is 0 Å². The van der Waals surface area contributed by atoms with E-state index < -0.39 is 42.3 Å². The summed E-state index contributed by atoms with van der Waals surface area (Å²) in [5.74, 6) is -2.99. The van der Waals surface area contributed by atoms with Crippen LogP contribution in [0, 0.1) is 5.92 Å². The van der Waals surface area contributed by atoms with Crippen molar-refractivity contribution in [2.45, 2.75) is 39.3 Å². The van der Waals surface area contributed by atoms with Gasteiger partial charge < -0.3 is 26.8 Å². The predicted octanol–water partition coefficient (Wildman–Crippen LogP) is -1.82. The molecule has 0 aromatic carbocycles. The Hall–Kier alpha value is -2.16. The predicted molar refractivity (Wildman–Crippen MR) is 78.7 cm³/mol. The van der Waals surface area contributed by atoms with Gasteiger partial charge >= 0.3 is 5.97 Å². The van der Waals surface area contributed by atoms with Gasteiger partial charge in [0.15, 0.2) is 0 Å². The minimum absolute atomic E-state index is 0.199. The third-order valence-corrected chi connectivity index (χ3v) is 3.16. The molecule has 0 saturated carbocycles. The first kappa shape index (κ1) is 19.8. The minimum atomic E-state index is -1.17. The number of rotatable bonds is 9. The molecule has 0 radical (unpaired) electrons. The Bertz CT molecular complexity index is 427. The molecule has 0 aromatic rings. The Balaban J connectivity index is 4.77. The molecule has 0 aliphatic carbocycles. The van der Waals surface area contributed by atoms with Crippen molar-refractivity contribution in [1.29, 1.82) is 0 Å². The van der Waals surface area contributed by atoms with E-state index in [0.717, 1.165) is 0 Å². The summed E-state index contributed by atoms with van der Waals surface area (Å²) in [5, 5.41) is 15.7. The molecule has 0 aromatic heterocycles. The molecule has 0 bridgehead atoms. The summed E-state index contributed by atoms with van der Waals surface area (Å²) < 4.78 is 0. The van der Waals surface area contributed by atoms with E-state index in [-0.39, 0.29) is 12.5 Å². The van der Waals surface area contributed by atoms with Crippen LogP contribution in [0.2, 0.25) is 0 Å². The topological polar surface area (TPSA) is 151 Å². The van der Waals surface area contributed by atoms with Crippen LogP contribution in [0.25, 0.3) is 0 Å². The molecular weight excluding hydrogens is 292 g/mol. The van der Waals surface area contributed by atoms with E-state index in [0.29, 0.717) is 6.42 Å². The summed E-state index contributed by atoms with van der Waals surface area (Å²) >= 11 is 0. The molecule has 9 heteroatoms. The van der Waals surface area contributed by atoms with Gasteiger partial charge in [-0.25, -0.2) is 0 Å². The number of hydrogen-bond acceptors (Lipinski definition) is 5. The van der Waals surface area contributed by atoms with Crippen LogP contribution in [0.5, 0.6) is 0 Å². The summed E-state index contributed by atoms with van der Waals surface area (Å²) in [5.41, 5.74) is 5.14. The Labute approximate surface area is 129 Å². The van der Waals surface area contributed by atoms with Crippen LogP contribution < -0.4 is 21.7 Å². The van der Waals surface area contributed by atoms with E-state index in [9.17, 15) is 19.2 Å². The number of carboxylic acid groups (broad SMARTS) is 1. The number of nitrogens with two attached hydrogens (primary N) is 1. The van der Waals surface area contributed by atoms with Crippen molar-refractivity contribution in [1.82, 2.24) is 16.0 Å². The number of carbonyl (C=O) groups is 4. The molecule has 6 N–H and O–H groups in total. The quantitative estimate of drug-likeness (QED) is 0.338. The van der Waals surface area contributed by atoms with Crippen LogP contribution in [0.4, 0.5) is 0 Å². The maximum atomic E-state index is 12.0. The average molecular weight is 316 g/mol. The average Bonchev–Trinajstić information content (AvgIpc) is 2.48. The lowest BCUT2D eigenvalue weighted by atomic mass is 9.98. The fourth-order valence-corrected chi connectivity index (χ4v) is 1.62. The third kappa shape index (κ3) is 7.02. The monoisotopic (exact) mass is 316 g/mol. The van der Waals surface area contributed by atoms with E-state index in [4.69, 9.17) is 10.8 Å². The third-order valence-electron chi connectivity index (χ3n) is 3.16. The molecule has 0 rings (SSSR count). The van der Waals surface area contributed by atoms with Crippen LogP contribution in [0.3, 0.4) is 0 Å². The van der Waals surface area contributed by atoms with E-state index in [2.05, 4.69) is 16.0 Å². The zero-order chi connectivity index (χ0) is 17.3. The van der Waals surface area contributed by atoms with Crippen LogP contribution in [0.15, 0.2) is 0 Å². The number of nitrogens with one attached hydrogen (secondary N) is 3. The van der Waals surface area contributed by atoms with E-state index in [1.165, 1.54) is 6.92 Å². The number of amides is 3. The molecule has 22 heavy (non-hydrogen) atoms.